The van der Waals surface area contributed by atoms with Crippen LogP contribution >= 0.6 is 0 Å². The number of carbonyl (C=O) groups excluding carboxylic acids is 3. The lowest BCUT2D eigenvalue weighted by Gasteiger charge is -2.31. The minimum atomic E-state index is -5.44. The predicted octanol–water partition coefficient (Wildman–Crippen LogP) is 6.32. The third kappa shape index (κ3) is 15.4. The minimum Gasteiger partial charge on any atom is -0.452 e. The molecule has 3 atom stereocenters. The number of benzene rings is 3. The number of carbonyl (C=O) groups is 3. The molecular formula is C40H50F5N3O6S. The van der Waals surface area contributed by atoms with Crippen molar-refractivity contribution in [2.45, 2.75) is 108 Å². The number of sulfone groups is 1. The standard InChI is InChI=1S/C40H50F5N3O6S/c1-4-11-33(12-5-2)55(52,53)26-35(47-37(49)18-17-28-13-8-7-9-14-28)38(50)48-34(22-30-20-31(41)23-32(42)21-30)36(54-39(51)40(43,44)45)25-46-24-29-16-10-15-27(6-3)19-29/h7-10,13-16,19-21,23,33-36,46H,4-6,11-12,17-18,22,24-26H2,1-3H3,(H,47,49)(H,48,50)/t34-,35?,36+/m0/s1. The van der Waals surface area contributed by atoms with Crippen LogP contribution in [0.3, 0.4) is 0 Å². The van der Waals surface area contributed by atoms with Crippen LogP contribution in [0.25, 0.3) is 0 Å². The largest absolute Gasteiger partial charge is 0.490 e. The quantitative estimate of drug-likeness (QED) is 0.0802. The first-order chi connectivity index (χ1) is 26.0. The van der Waals surface area contributed by atoms with Crippen molar-refractivity contribution in [2.75, 3.05) is 12.3 Å². The second-order valence-corrected chi connectivity index (χ2v) is 15.8. The molecule has 15 heteroatoms. The van der Waals surface area contributed by atoms with E-state index in [0.29, 0.717) is 31.7 Å². The molecule has 0 radical (unpaired) electrons. The molecule has 2 amide bonds. The molecule has 3 aromatic carbocycles. The Morgan fingerprint density at radius 1 is 0.782 bits per heavy atom. The molecule has 1 unspecified atom stereocenters. The molecule has 0 aliphatic heterocycles. The molecule has 3 N–H and O–H groups in total. The fraction of sp³-hybridized carbons (Fsp3) is 0.475. The molecule has 0 aliphatic carbocycles. The third-order valence-corrected chi connectivity index (χ3v) is 11.3. The van der Waals surface area contributed by atoms with E-state index in [1.54, 1.807) is 42.5 Å². The number of halogens is 5. The first-order valence-electron chi connectivity index (χ1n) is 18.4. The van der Waals surface area contributed by atoms with E-state index in [9.17, 15) is 44.8 Å². The summed E-state index contributed by atoms with van der Waals surface area (Å²) in [5.41, 5.74) is 2.45. The maximum Gasteiger partial charge on any atom is 0.490 e. The molecule has 0 aromatic heterocycles. The topological polar surface area (TPSA) is 131 Å². The lowest BCUT2D eigenvalue weighted by atomic mass is 9.99. The number of amides is 2. The van der Waals surface area contributed by atoms with Crippen molar-refractivity contribution in [3.8, 4) is 0 Å². The number of ether oxygens (including phenoxy) is 1. The number of aryl methyl sites for hydroxylation is 2. The molecule has 55 heavy (non-hydrogen) atoms. The van der Waals surface area contributed by atoms with Crippen LogP contribution in [0.1, 0.15) is 75.1 Å². The van der Waals surface area contributed by atoms with Crippen LogP contribution in [-0.4, -0.2) is 68.1 Å². The van der Waals surface area contributed by atoms with Crippen LogP contribution in [0.15, 0.2) is 72.8 Å². The third-order valence-electron chi connectivity index (χ3n) is 8.98. The summed E-state index contributed by atoms with van der Waals surface area (Å²) in [5.74, 6) is -7.19. The van der Waals surface area contributed by atoms with Gasteiger partial charge in [0.1, 0.15) is 23.8 Å². The van der Waals surface area contributed by atoms with Crippen LogP contribution < -0.4 is 16.0 Å². The summed E-state index contributed by atoms with van der Waals surface area (Å²) < 4.78 is 102. The Bertz CT molecular complexity index is 1780. The smallest absolute Gasteiger partial charge is 0.452 e. The van der Waals surface area contributed by atoms with E-state index >= 15 is 0 Å². The van der Waals surface area contributed by atoms with Crippen LogP contribution in [0.2, 0.25) is 0 Å². The van der Waals surface area contributed by atoms with Crippen molar-refractivity contribution in [1.29, 1.82) is 0 Å². The second-order valence-electron chi connectivity index (χ2n) is 13.5. The summed E-state index contributed by atoms with van der Waals surface area (Å²) in [6.07, 6.45) is -5.28. The number of rotatable bonds is 22. The average Bonchev–Trinajstić information content (AvgIpc) is 3.12. The highest BCUT2D eigenvalue weighted by molar-refractivity contribution is 7.92. The number of esters is 1. The van der Waals surface area contributed by atoms with Crippen molar-refractivity contribution >= 4 is 27.6 Å². The van der Waals surface area contributed by atoms with Gasteiger partial charge in [-0.05, 0) is 66.5 Å². The van der Waals surface area contributed by atoms with Crippen molar-refractivity contribution in [3.63, 3.8) is 0 Å². The number of alkyl halides is 3. The summed E-state index contributed by atoms with van der Waals surface area (Å²) in [6, 6.07) is 15.3. The average molecular weight is 796 g/mol. The molecule has 0 saturated heterocycles. The second kappa shape index (κ2) is 21.6. The van der Waals surface area contributed by atoms with Gasteiger partial charge in [0.15, 0.2) is 9.84 Å². The Labute approximate surface area is 319 Å². The molecule has 0 fully saturated rings. The van der Waals surface area contributed by atoms with E-state index in [0.717, 1.165) is 35.2 Å². The summed E-state index contributed by atoms with van der Waals surface area (Å²) in [6.45, 7) is 5.20. The Hall–Kier alpha value is -4.37. The summed E-state index contributed by atoms with van der Waals surface area (Å²) in [7, 11) is -4.04. The van der Waals surface area contributed by atoms with Gasteiger partial charge in [-0.25, -0.2) is 22.0 Å². The highest BCUT2D eigenvalue weighted by Crippen LogP contribution is 2.21. The Morgan fingerprint density at radius 2 is 1.40 bits per heavy atom. The summed E-state index contributed by atoms with van der Waals surface area (Å²) >= 11 is 0. The Kier molecular flexibility index (Phi) is 17.7. The van der Waals surface area contributed by atoms with Crippen LogP contribution in [0.4, 0.5) is 22.0 Å². The molecular weight excluding hydrogens is 746 g/mol. The summed E-state index contributed by atoms with van der Waals surface area (Å²) in [4.78, 5) is 39.6. The van der Waals surface area contributed by atoms with Gasteiger partial charge >= 0.3 is 12.1 Å². The van der Waals surface area contributed by atoms with E-state index in [1.165, 1.54) is 0 Å². The first kappa shape index (κ1) is 45.0. The zero-order chi connectivity index (χ0) is 40.6. The van der Waals surface area contributed by atoms with Crippen molar-refractivity contribution in [2.24, 2.45) is 0 Å². The Morgan fingerprint density at radius 3 is 2.00 bits per heavy atom. The maximum atomic E-state index is 14.3. The lowest BCUT2D eigenvalue weighted by Crippen LogP contribution is -2.58. The fourth-order valence-electron chi connectivity index (χ4n) is 6.20. The SMILES string of the molecule is CCCC(CCC)S(=O)(=O)CC(NC(=O)CCc1ccccc1)C(=O)N[C@@H](Cc1cc(F)cc(F)c1)[C@@H](CNCc1cccc(CC)c1)OC(=O)C(F)(F)F. The molecule has 0 bridgehead atoms. The molecule has 9 nitrogen and oxygen atoms in total. The predicted molar refractivity (Wildman–Crippen MR) is 200 cm³/mol. The van der Waals surface area contributed by atoms with Crippen molar-refractivity contribution < 1.29 is 49.5 Å². The van der Waals surface area contributed by atoms with Gasteiger partial charge in [-0.1, -0.05) is 88.2 Å². The van der Waals surface area contributed by atoms with Gasteiger partial charge in [0.2, 0.25) is 11.8 Å². The van der Waals surface area contributed by atoms with E-state index in [-0.39, 0.29) is 24.9 Å². The van der Waals surface area contributed by atoms with Gasteiger partial charge < -0.3 is 20.7 Å². The highest BCUT2D eigenvalue weighted by atomic mass is 32.2. The lowest BCUT2D eigenvalue weighted by molar-refractivity contribution is -0.206. The highest BCUT2D eigenvalue weighted by Gasteiger charge is 2.44. The first-order valence-corrected chi connectivity index (χ1v) is 20.1. The van der Waals surface area contributed by atoms with Crippen LogP contribution in [0.5, 0.6) is 0 Å². The van der Waals surface area contributed by atoms with Crippen molar-refractivity contribution in [1.82, 2.24) is 16.0 Å². The molecule has 0 aliphatic rings. The zero-order valence-electron chi connectivity index (χ0n) is 31.3. The maximum absolute atomic E-state index is 14.3. The molecule has 3 rings (SSSR count). The normalized spacial score (nSPS) is 13.5. The molecule has 302 valence electrons. The van der Waals surface area contributed by atoms with Crippen LogP contribution in [-0.2, 0) is 54.8 Å². The van der Waals surface area contributed by atoms with Crippen LogP contribution in [0, 0.1) is 11.6 Å². The molecule has 0 saturated carbocycles. The van der Waals surface area contributed by atoms with Gasteiger partial charge in [-0.3, -0.25) is 9.59 Å². The molecule has 0 heterocycles. The zero-order valence-corrected chi connectivity index (χ0v) is 32.1. The minimum absolute atomic E-state index is 0.103. The number of nitrogens with one attached hydrogen (secondary N) is 3. The molecule has 3 aromatic rings. The van der Waals surface area contributed by atoms with Gasteiger partial charge in [-0.2, -0.15) is 13.2 Å². The number of hydrogen-bond donors (Lipinski definition) is 3. The van der Waals surface area contributed by atoms with E-state index in [2.05, 4.69) is 16.0 Å². The van der Waals surface area contributed by atoms with E-state index < -0.39 is 87.6 Å². The van der Waals surface area contributed by atoms with Crippen molar-refractivity contribution in [3.05, 3.63) is 107 Å². The van der Waals surface area contributed by atoms with Gasteiger partial charge in [0.25, 0.3) is 0 Å². The fourth-order valence-corrected chi connectivity index (χ4v) is 8.36. The molecule has 0 spiro atoms. The monoisotopic (exact) mass is 795 g/mol. The van der Waals surface area contributed by atoms with Gasteiger partial charge in [0.05, 0.1) is 17.0 Å². The van der Waals surface area contributed by atoms with E-state index in [1.807, 2.05) is 32.9 Å². The Balaban J connectivity index is 2.01. The van der Waals surface area contributed by atoms with Gasteiger partial charge in [-0.15, -0.1) is 0 Å². The van der Waals surface area contributed by atoms with Gasteiger partial charge in [0, 0.05) is 25.6 Å². The summed E-state index contributed by atoms with van der Waals surface area (Å²) in [5, 5.41) is 7.09. The number of hydrogen-bond acceptors (Lipinski definition) is 7. The van der Waals surface area contributed by atoms with E-state index in [4.69, 9.17) is 4.74 Å².